The molecule has 2 atom stereocenters. The second-order valence-electron chi connectivity index (χ2n) is 10.0. The molecule has 1 aromatic heterocycles. The van der Waals surface area contributed by atoms with E-state index in [1.165, 1.54) is 21.7 Å². The molecule has 0 saturated heterocycles. The van der Waals surface area contributed by atoms with Gasteiger partial charge in [-0.3, -0.25) is 0 Å². The third kappa shape index (κ3) is 8.91. The van der Waals surface area contributed by atoms with Gasteiger partial charge in [-0.2, -0.15) is 0 Å². The summed E-state index contributed by atoms with van der Waals surface area (Å²) >= 11 is 0. The molecule has 0 aliphatic rings. The van der Waals surface area contributed by atoms with Gasteiger partial charge in [0.2, 0.25) is 0 Å². The highest BCUT2D eigenvalue weighted by Gasteiger charge is 2.18. The van der Waals surface area contributed by atoms with Gasteiger partial charge >= 0.3 is 0 Å². The normalized spacial score (nSPS) is 13.9. The van der Waals surface area contributed by atoms with E-state index < -0.39 is 6.10 Å². The third-order valence-electron chi connectivity index (χ3n) is 5.62. The molecule has 0 bridgehead atoms. The highest BCUT2D eigenvalue weighted by molar-refractivity contribution is 5.28. The number of nitrogens with zero attached hydrogens (tertiary/aromatic N) is 1. The van der Waals surface area contributed by atoms with Crippen molar-refractivity contribution in [3.05, 3.63) is 59.4 Å². The molecule has 0 saturated carbocycles. The molecule has 2 aromatic rings. The van der Waals surface area contributed by atoms with Crippen molar-refractivity contribution in [3.63, 3.8) is 0 Å². The van der Waals surface area contributed by atoms with Gasteiger partial charge in [-0.05, 0) is 41.0 Å². The number of aliphatic hydroxyl groups is 1. The predicted octanol–water partition coefficient (Wildman–Crippen LogP) is 3.28. The van der Waals surface area contributed by atoms with E-state index in [0.717, 1.165) is 26.1 Å². The van der Waals surface area contributed by atoms with Crippen LogP contribution in [0, 0.1) is 18.3 Å². The average molecular weight is 426 g/mol. The van der Waals surface area contributed by atoms with Crippen molar-refractivity contribution >= 4 is 0 Å². The van der Waals surface area contributed by atoms with Crippen LogP contribution in [0.15, 0.2) is 42.6 Å². The average Bonchev–Trinajstić information content (AvgIpc) is 3.12. The zero-order chi connectivity index (χ0) is 22.9. The van der Waals surface area contributed by atoms with Crippen LogP contribution >= 0.6 is 0 Å². The molecule has 1 heterocycles. The summed E-state index contributed by atoms with van der Waals surface area (Å²) in [4.78, 5) is 1.37. The van der Waals surface area contributed by atoms with Crippen molar-refractivity contribution in [1.29, 1.82) is 0 Å². The van der Waals surface area contributed by atoms with E-state index in [1.807, 2.05) is 0 Å². The van der Waals surface area contributed by atoms with Crippen LogP contribution in [0.1, 0.15) is 57.9 Å². The van der Waals surface area contributed by atoms with Crippen LogP contribution in [0.4, 0.5) is 0 Å². The van der Waals surface area contributed by atoms with E-state index in [-0.39, 0.29) is 18.6 Å². The molecular formula is C27H41N2O2+. The number of aliphatic hydroxyl groups excluding tert-OH is 1. The highest BCUT2D eigenvalue weighted by atomic mass is 16.5. The quantitative estimate of drug-likeness (QED) is 0.405. The van der Waals surface area contributed by atoms with Gasteiger partial charge in [0.1, 0.15) is 25.8 Å². The Balaban J connectivity index is 2.04. The van der Waals surface area contributed by atoms with E-state index in [2.05, 4.69) is 87.7 Å². The van der Waals surface area contributed by atoms with Crippen molar-refractivity contribution in [1.82, 2.24) is 4.57 Å². The number of rotatable bonds is 12. The van der Waals surface area contributed by atoms with Gasteiger partial charge in [0, 0.05) is 12.7 Å². The lowest BCUT2D eigenvalue weighted by Crippen LogP contribution is -3.12. The molecule has 1 unspecified atom stereocenters. The van der Waals surface area contributed by atoms with Crippen LogP contribution < -0.4 is 4.90 Å². The fraction of sp³-hybridized carbons (Fsp3) is 0.556. The molecule has 4 heteroatoms. The first-order valence-corrected chi connectivity index (χ1v) is 11.4. The molecule has 0 aliphatic heterocycles. The second kappa shape index (κ2) is 12.1. The minimum Gasteiger partial charge on any atom is -0.385 e. The van der Waals surface area contributed by atoms with Crippen molar-refractivity contribution in [3.8, 4) is 12.3 Å². The van der Waals surface area contributed by atoms with Crippen LogP contribution in [-0.2, 0) is 23.2 Å². The zero-order valence-corrected chi connectivity index (χ0v) is 20.0. The van der Waals surface area contributed by atoms with E-state index in [1.54, 1.807) is 0 Å². The van der Waals surface area contributed by atoms with Crippen LogP contribution in [0.3, 0.4) is 0 Å². The minimum atomic E-state index is -0.510. The Morgan fingerprint density at radius 3 is 2.48 bits per heavy atom. The van der Waals surface area contributed by atoms with Gasteiger partial charge in [-0.25, -0.2) is 0 Å². The molecule has 0 aliphatic carbocycles. The molecule has 1 aromatic carbocycles. The number of hydrogen-bond donors (Lipinski definition) is 2. The summed E-state index contributed by atoms with van der Waals surface area (Å²) in [5.74, 6) is 3.09. The summed E-state index contributed by atoms with van der Waals surface area (Å²) in [6, 6.07) is 13.3. The van der Waals surface area contributed by atoms with E-state index >= 15 is 0 Å². The molecule has 0 radical (unpaired) electrons. The first-order valence-electron chi connectivity index (χ1n) is 11.4. The van der Waals surface area contributed by atoms with Crippen molar-refractivity contribution in [2.45, 2.75) is 65.6 Å². The minimum absolute atomic E-state index is 0.169. The Hall–Kier alpha value is -2.06. The molecular weight excluding hydrogens is 384 g/mol. The number of nitrogens with one attached hydrogen (secondary N) is 1. The summed E-state index contributed by atoms with van der Waals surface area (Å²) < 4.78 is 7.66. The molecule has 0 fully saturated rings. The summed E-state index contributed by atoms with van der Waals surface area (Å²) in [6.45, 7) is 15.2. The van der Waals surface area contributed by atoms with Crippen molar-refractivity contribution < 1.29 is 14.7 Å². The predicted molar refractivity (Wildman–Crippen MR) is 128 cm³/mol. The molecule has 2 N–H and O–H groups in total. The molecule has 0 spiro atoms. The van der Waals surface area contributed by atoms with Gasteiger partial charge in [-0.15, -0.1) is 6.42 Å². The summed E-state index contributed by atoms with van der Waals surface area (Å²) in [7, 11) is 0. The number of aromatic nitrogens is 1. The Morgan fingerprint density at radius 1 is 1.16 bits per heavy atom. The Kier molecular flexibility index (Phi) is 9.84. The number of quaternary nitrogens is 1. The van der Waals surface area contributed by atoms with Gasteiger partial charge < -0.3 is 19.3 Å². The van der Waals surface area contributed by atoms with Crippen molar-refractivity contribution in [2.24, 2.45) is 5.92 Å². The summed E-state index contributed by atoms with van der Waals surface area (Å²) in [5, 5.41) is 10.4. The molecule has 4 nitrogen and oxygen atoms in total. The Morgan fingerprint density at radius 2 is 1.87 bits per heavy atom. The first kappa shape index (κ1) is 25.2. The number of benzene rings is 1. The first-order chi connectivity index (χ1) is 14.7. The molecule has 2 rings (SSSR count). The number of hydrogen-bond acceptors (Lipinski definition) is 2. The van der Waals surface area contributed by atoms with Crippen molar-refractivity contribution in [2.75, 3.05) is 26.3 Å². The fourth-order valence-corrected chi connectivity index (χ4v) is 3.73. The van der Waals surface area contributed by atoms with Crippen LogP contribution in [0.25, 0.3) is 0 Å². The largest absolute Gasteiger partial charge is 0.385 e. The lowest BCUT2D eigenvalue weighted by atomic mass is 9.87. The van der Waals surface area contributed by atoms with Crippen LogP contribution in [-0.4, -0.2) is 42.1 Å². The number of ether oxygens (including phenoxy) is 1. The van der Waals surface area contributed by atoms with E-state index in [9.17, 15) is 5.11 Å². The van der Waals surface area contributed by atoms with Gasteiger partial charge in [0.25, 0.3) is 0 Å². The van der Waals surface area contributed by atoms with Crippen LogP contribution in [0.2, 0.25) is 0 Å². The maximum Gasteiger partial charge on any atom is 0.126 e. The maximum atomic E-state index is 10.4. The number of terminal acetylenes is 1. The Labute approximate surface area is 189 Å². The molecule has 31 heavy (non-hydrogen) atoms. The van der Waals surface area contributed by atoms with Gasteiger partial charge in [-0.1, -0.05) is 64.8 Å². The second-order valence-corrected chi connectivity index (χ2v) is 10.0. The summed E-state index contributed by atoms with van der Waals surface area (Å²) in [5.41, 5.74) is 4.11. The standard InChI is InChI=1S/C27H40N2O2/c1-7-17-31-21-26(30)20-28(16-14-22(2)3)19-25-9-8-15-29(25)18-23-10-12-24(13-11-23)27(4,5)6/h1,8-13,15,22,26,30H,14,16-21H2,2-6H3/p+1/t26-/m1/s1. The maximum absolute atomic E-state index is 10.4. The highest BCUT2D eigenvalue weighted by Crippen LogP contribution is 2.22. The van der Waals surface area contributed by atoms with Gasteiger partial charge in [0.05, 0.1) is 18.8 Å². The third-order valence-corrected chi connectivity index (χ3v) is 5.62. The van der Waals surface area contributed by atoms with E-state index in [0.29, 0.717) is 12.5 Å². The fourth-order valence-electron chi connectivity index (χ4n) is 3.73. The monoisotopic (exact) mass is 425 g/mol. The Bertz CT molecular complexity index is 809. The summed E-state index contributed by atoms with van der Waals surface area (Å²) in [6.07, 6.45) is 8.00. The lowest BCUT2D eigenvalue weighted by Gasteiger charge is -2.24. The molecule has 0 amide bonds. The topological polar surface area (TPSA) is 38.8 Å². The van der Waals surface area contributed by atoms with E-state index in [4.69, 9.17) is 11.2 Å². The van der Waals surface area contributed by atoms with Gasteiger partial charge in [0.15, 0.2) is 0 Å². The smallest absolute Gasteiger partial charge is 0.126 e. The lowest BCUT2D eigenvalue weighted by molar-refractivity contribution is -0.917. The zero-order valence-electron chi connectivity index (χ0n) is 20.0. The molecule has 170 valence electrons. The SMILES string of the molecule is C#CCOC[C@H](O)C[NH+](CCC(C)C)Cc1cccn1Cc1ccc(C(C)(C)C)cc1. The van der Waals surface area contributed by atoms with Crippen LogP contribution in [0.5, 0.6) is 0 Å².